The number of nitrogens with one attached hydrogen (secondary N) is 2. The van der Waals surface area contributed by atoms with Gasteiger partial charge in [-0.15, -0.1) is 0 Å². The van der Waals surface area contributed by atoms with Crippen LogP contribution in [0.5, 0.6) is 0 Å². The molecule has 1 aromatic heterocycles. The van der Waals surface area contributed by atoms with Crippen molar-refractivity contribution in [3.8, 4) is 0 Å². The van der Waals surface area contributed by atoms with Gasteiger partial charge in [0.1, 0.15) is 5.82 Å². The molecule has 1 aliphatic rings. The molecule has 1 aliphatic heterocycles. The van der Waals surface area contributed by atoms with Crippen LogP contribution in [-0.2, 0) is 4.79 Å². The summed E-state index contributed by atoms with van der Waals surface area (Å²) in [6, 6.07) is 15.7. The zero-order valence-electron chi connectivity index (χ0n) is 16.1. The topological polar surface area (TPSA) is 70.2 Å². The molecule has 144 valence electrons. The van der Waals surface area contributed by atoms with Crippen LogP contribution in [0.2, 0.25) is 0 Å². The van der Waals surface area contributed by atoms with Crippen LogP contribution in [0.1, 0.15) is 32.6 Å². The highest BCUT2D eigenvalue weighted by molar-refractivity contribution is 5.91. The zero-order valence-corrected chi connectivity index (χ0v) is 16.1. The highest BCUT2D eigenvalue weighted by Crippen LogP contribution is 2.28. The van der Waals surface area contributed by atoms with E-state index in [4.69, 9.17) is 9.97 Å². The molecule has 4 rings (SSSR count). The van der Waals surface area contributed by atoms with Gasteiger partial charge in [0.2, 0.25) is 11.9 Å². The summed E-state index contributed by atoms with van der Waals surface area (Å²) in [6.45, 7) is 3.55. The molecule has 0 bridgehead atoms. The van der Waals surface area contributed by atoms with Crippen LogP contribution in [0.15, 0.2) is 48.5 Å². The predicted octanol–water partition coefficient (Wildman–Crippen LogP) is 4.71. The van der Waals surface area contributed by atoms with E-state index in [1.807, 2.05) is 42.5 Å². The van der Waals surface area contributed by atoms with E-state index < -0.39 is 0 Å². The van der Waals surface area contributed by atoms with Gasteiger partial charge in [-0.05, 0) is 43.2 Å². The Morgan fingerprint density at radius 2 is 1.68 bits per heavy atom. The highest BCUT2D eigenvalue weighted by atomic mass is 16.1. The minimum atomic E-state index is -0.0949. The van der Waals surface area contributed by atoms with Gasteiger partial charge in [0.25, 0.3) is 0 Å². The second kappa shape index (κ2) is 8.25. The Bertz CT molecular complexity index is 980. The third-order valence-corrected chi connectivity index (χ3v) is 4.93. The van der Waals surface area contributed by atoms with Crippen LogP contribution in [-0.4, -0.2) is 29.0 Å². The fraction of sp³-hybridized carbons (Fsp3) is 0.318. The minimum absolute atomic E-state index is 0.0949. The number of nitrogens with zero attached hydrogens (tertiary/aromatic N) is 3. The number of amides is 1. The Kier molecular flexibility index (Phi) is 5.37. The van der Waals surface area contributed by atoms with E-state index in [1.54, 1.807) is 0 Å². The number of aromatic nitrogens is 2. The third kappa shape index (κ3) is 4.22. The van der Waals surface area contributed by atoms with E-state index in [2.05, 4.69) is 21.6 Å². The summed E-state index contributed by atoms with van der Waals surface area (Å²) in [6.07, 6.45) is 4.95. The predicted molar refractivity (Wildman–Crippen MR) is 114 cm³/mol. The molecule has 0 atom stereocenters. The molecular formula is C22H25N5O. The summed E-state index contributed by atoms with van der Waals surface area (Å²) in [4.78, 5) is 23.3. The maximum atomic E-state index is 11.3. The number of anilines is 4. The molecule has 6 heteroatoms. The molecule has 1 amide bonds. The number of rotatable bonds is 4. The van der Waals surface area contributed by atoms with Crippen LogP contribution in [0.3, 0.4) is 0 Å². The molecule has 0 saturated carbocycles. The quantitative estimate of drug-likeness (QED) is 0.691. The first-order valence-corrected chi connectivity index (χ1v) is 9.85. The fourth-order valence-electron chi connectivity index (χ4n) is 3.65. The maximum Gasteiger partial charge on any atom is 0.229 e. The summed E-state index contributed by atoms with van der Waals surface area (Å²) in [5.74, 6) is 1.47. The van der Waals surface area contributed by atoms with E-state index >= 15 is 0 Å². The van der Waals surface area contributed by atoms with Gasteiger partial charge in [-0.3, -0.25) is 4.79 Å². The Balaban J connectivity index is 1.68. The molecule has 1 saturated heterocycles. The molecular weight excluding hydrogens is 350 g/mol. The Labute approximate surface area is 165 Å². The van der Waals surface area contributed by atoms with Crippen LogP contribution < -0.4 is 15.5 Å². The monoisotopic (exact) mass is 375 g/mol. The molecule has 0 unspecified atom stereocenters. The number of fused-ring (bicyclic) bond motifs is 1. The van der Waals surface area contributed by atoms with Crippen LogP contribution in [0.4, 0.5) is 23.1 Å². The first-order chi connectivity index (χ1) is 13.7. The summed E-state index contributed by atoms with van der Waals surface area (Å²) < 4.78 is 0. The molecule has 0 radical (unpaired) electrons. The van der Waals surface area contributed by atoms with Gasteiger partial charge in [0.15, 0.2) is 0 Å². The van der Waals surface area contributed by atoms with Crippen molar-refractivity contribution in [3.05, 3.63) is 48.5 Å². The normalized spacial score (nSPS) is 14.5. The first-order valence-electron chi connectivity index (χ1n) is 9.85. The van der Waals surface area contributed by atoms with E-state index in [1.165, 1.54) is 32.6 Å². The number of carbonyl (C=O) groups is 1. The molecule has 2 heterocycles. The Morgan fingerprint density at radius 1 is 0.929 bits per heavy atom. The first kappa shape index (κ1) is 18.2. The smallest absolute Gasteiger partial charge is 0.229 e. The van der Waals surface area contributed by atoms with Crippen molar-refractivity contribution < 1.29 is 4.79 Å². The van der Waals surface area contributed by atoms with E-state index in [0.29, 0.717) is 5.95 Å². The van der Waals surface area contributed by atoms with Crippen LogP contribution in [0.25, 0.3) is 10.9 Å². The molecule has 2 N–H and O–H groups in total. The van der Waals surface area contributed by atoms with Crippen molar-refractivity contribution in [2.45, 2.75) is 32.6 Å². The lowest BCUT2D eigenvalue weighted by atomic mass is 10.2. The van der Waals surface area contributed by atoms with Crippen molar-refractivity contribution in [3.63, 3.8) is 0 Å². The van der Waals surface area contributed by atoms with Crippen molar-refractivity contribution in [1.82, 2.24) is 9.97 Å². The van der Waals surface area contributed by atoms with Gasteiger partial charge in [0, 0.05) is 36.8 Å². The molecule has 0 aliphatic carbocycles. The highest BCUT2D eigenvalue weighted by Gasteiger charge is 2.16. The van der Waals surface area contributed by atoms with Gasteiger partial charge in [-0.25, -0.2) is 4.98 Å². The van der Waals surface area contributed by atoms with Gasteiger partial charge in [0.05, 0.1) is 5.52 Å². The van der Waals surface area contributed by atoms with Gasteiger partial charge in [-0.2, -0.15) is 4.98 Å². The lowest BCUT2D eigenvalue weighted by Crippen LogP contribution is -2.25. The number of carbonyl (C=O) groups excluding carboxylic acids is 1. The van der Waals surface area contributed by atoms with Crippen molar-refractivity contribution in [2.24, 2.45) is 0 Å². The number of para-hydroxylation sites is 1. The maximum absolute atomic E-state index is 11.3. The lowest BCUT2D eigenvalue weighted by Gasteiger charge is -2.23. The van der Waals surface area contributed by atoms with E-state index in [0.717, 1.165) is 41.2 Å². The second-order valence-electron chi connectivity index (χ2n) is 7.18. The number of benzene rings is 2. The summed E-state index contributed by atoms with van der Waals surface area (Å²) in [5, 5.41) is 7.19. The molecule has 6 nitrogen and oxygen atoms in total. The largest absolute Gasteiger partial charge is 0.356 e. The molecule has 0 spiro atoms. The summed E-state index contributed by atoms with van der Waals surface area (Å²) in [5.41, 5.74) is 2.51. The van der Waals surface area contributed by atoms with Crippen LogP contribution >= 0.6 is 0 Å². The summed E-state index contributed by atoms with van der Waals surface area (Å²) >= 11 is 0. The van der Waals surface area contributed by atoms with E-state index in [-0.39, 0.29) is 5.91 Å². The Morgan fingerprint density at radius 3 is 2.46 bits per heavy atom. The lowest BCUT2D eigenvalue weighted by molar-refractivity contribution is -0.114. The standard InChI is InChI=1S/C22H25N5O/c1-16(28)23-17-9-8-10-18(15-17)24-22-25-20-12-5-4-11-19(20)21(26-22)27-13-6-2-3-7-14-27/h4-5,8-12,15H,2-3,6-7,13-14H2,1H3,(H,23,28)(H,24,25,26). The number of hydrogen-bond donors (Lipinski definition) is 2. The summed E-state index contributed by atoms with van der Waals surface area (Å²) in [7, 11) is 0. The van der Waals surface area contributed by atoms with Crippen molar-refractivity contribution >= 4 is 40.0 Å². The van der Waals surface area contributed by atoms with E-state index in [9.17, 15) is 4.79 Å². The molecule has 3 aromatic rings. The molecule has 2 aromatic carbocycles. The Hall–Kier alpha value is -3.15. The molecule has 1 fully saturated rings. The van der Waals surface area contributed by atoms with Gasteiger partial charge in [-0.1, -0.05) is 31.0 Å². The van der Waals surface area contributed by atoms with Crippen molar-refractivity contribution in [2.75, 3.05) is 28.6 Å². The van der Waals surface area contributed by atoms with Crippen molar-refractivity contribution in [1.29, 1.82) is 0 Å². The van der Waals surface area contributed by atoms with Gasteiger partial charge >= 0.3 is 0 Å². The molecule has 28 heavy (non-hydrogen) atoms. The van der Waals surface area contributed by atoms with Gasteiger partial charge < -0.3 is 15.5 Å². The zero-order chi connectivity index (χ0) is 19.3. The number of hydrogen-bond acceptors (Lipinski definition) is 5. The van der Waals surface area contributed by atoms with Crippen LogP contribution in [0, 0.1) is 0 Å². The average molecular weight is 375 g/mol. The average Bonchev–Trinajstić information content (AvgIpc) is 2.96. The second-order valence-corrected chi connectivity index (χ2v) is 7.18. The minimum Gasteiger partial charge on any atom is -0.356 e. The SMILES string of the molecule is CC(=O)Nc1cccc(Nc2nc(N3CCCCCC3)c3ccccc3n2)c1. The fourth-order valence-corrected chi connectivity index (χ4v) is 3.65. The third-order valence-electron chi connectivity index (χ3n) is 4.93.